The molecule has 0 bridgehead atoms. The third kappa shape index (κ3) is 18.6. The van der Waals surface area contributed by atoms with Gasteiger partial charge in [0.15, 0.2) is 12.4 Å². The first-order valence-electron chi connectivity index (χ1n) is 18.4. The molecule has 22 nitrogen and oxygen atoms in total. The van der Waals surface area contributed by atoms with E-state index in [2.05, 4.69) is 5.32 Å². The maximum Gasteiger partial charge on any atom is 0.335 e. The molecule has 2 aliphatic heterocycles. The number of phosphoric ester groups is 1. The summed E-state index contributed by atoms with van der Waals surface area (Å²) in [7, 11) is 2.42. The number of nitrogens with zero attached hydrogens (tertiary/aromatic N) is 1. The highest BCUT2D eigenvalue weighted by Crippen LogP contribution is 2.37. The van der Waals surface area contributed by atoms with Crippen LogP contribution in [-0.2, 0) is 61.1 Å². The zero-order valence-electron chi connectivity index (χ0n) is 32.9. The number of amides is 1. The van der Waals surface area contributed by atoms with Gasteiger partial charge in [-0.3, -0.25) is 9.36 Å². The van der Waals surface area contributed by atoms with Crippen molar-refractivity contribution in [2.45, 2.75) is 100 Å². The van der Waals surface area contributed by atoms with Crippen molar-refractivity contribution in [2.24, 2.45) is 0 Å². The first kappa shape index (κ1) is 50.6. The number of unbranched alkanes of at least 4 members (excludes halogenated alkanes) is 1. The van der Waals surface area contributed by atoms with Crippen molar-refractivity contribution in [1.82, 2.24) is 5.32 Å². The average Bonchev–Trinajstić information content (AvgIpc) is 3.10. The zero-order chi connectivity index (χ0) is 42.1. The van der Waals surface area contributed by atoms with E-state index >= 15 is 0 Å². The topological polar surface area (TPSA) is 300 Å². The molecule has 0 spiro atoms. The molecule has 0 saturated carbocycles. The highest BCUT2D eigenvalue weighted by atomic mass is 31.2. The van der Waals surface area contributed by atoms with Gasteiger partial charge in [0.1, 0.15) is 62.0 Å². The Morgan fingerprint density at radius 2 is 1.38 bits per heavy atom. The van der Waals surface area contributed by atoms with Crippen molar-refractivity contribution in [1.29, 1.82) is 0 Å². The Hall–Kier alpha value is -1.51. The van der Waals surface area contributed by atoms with Gasteiger partial charge >= 0.3 is 5.97 Å². The van der Waals surface area contributed by atoms with Gasteiger partial charge in [0.25, 0.3) is 7.82 Å². The van der Waals surface area contributed by atoms with Gasteiger partial charge in [-0.15, -0.1) is 0 Å². The monoisotopic (exact) mass is 838 g/mol. The van der Waals surface area contributed by atoms with Gasteiger partial charge in [-0.2, -0.15) is 0 Å². The minimum absolute atomic E-state index is 0.00433. The molecule has 0 aliphatic carbocycles. The molecule has 2 aliphatic rings. The molecule has 7 N–H and O–H groups in total. The fourth-order valence-electron chi connectivity index (χ4n) is 5.59. The van der Waals surface area contributed by atoms with Gasteiger partial charge in [0, 0.05) is 27.2 Å². The summed E-state index contributed by atoms with van der Waals surface area (Å²) in [5, 5.41) is 64.8. The van der Waals surface area contributed by atoms with E-state index in [0.717, 1.165) is 7.11 Å². The van der Waals surface area contributed by atoms with Crippen LogP contribution >= 0.6 is 7.82 Å². The number of nitrogens with one attached hydrogen (secondary N) is 1. The highest BCUT2D eigenvalue weighted by molar-refractivity contribution is 7.45. The Morgan fingerprint density at radius 3 is 1.91 bits per heavy atom. The van der Waals surface area contributed by atoms with Gasteiger partial charge in [0.05, 0.1) is 79.5 Å². The lowest BCUT2D eigenvalue weighted by molar-refractivity contribution is -0.870. The minimum atomic E-state index is -4.43. The predicted molar refractivity (Wildman–Crippen MR) is 189 cm³/mol. The molecule has 330 valence electrons. The van der Waals surface area contributed by atoms with Crippen molar-refractivity contribution in [3.8, 4) is 0 Å². The number of carboxylic acids is 1. The number of quaternary nitrogens is 1. The number of hydrogen-bond acceptors (Lipinski definition) is 19. The third-order valence-electron chi connectivity index (χ3n) is 8.53. The number of ether oxygens (including phenoxy) is 8. The van der Waals surface area contributed by atoms with E-state index in [1.807, 2.05) is 21.1 Å². The Bertz CT molecular complexity index is 1180. The average molecular weight is 839 g/mol. The van der Waals surface area contributed by atoms with Gasteiger partial charge in [0.2, 0.25) is 5.91 Å². The number of carboxylic acid groups (broad SMARTS) is 1. The van der Waals surface area contributed by atoms with Crippen LogP contribution in [0.1, 0.15) is 26.7 Å². The van der Waals surface area contributed by atoms with Crippen molar-refractivity contribution in [2.75, 3.05) is 101 Å². The standard InChI is InChI=1S/C33H63N2O20P/c1-20-25(34-21(2)36)29(54-33-28(41)27(40)30(46-6)31(55-33)32(42)43)26(39)24(53-20)19-50-18-23(38)16-48-11-8-7-10-47-15-22(37)17-49-13-14-52-56(44,45)51-12-9-35(3,4)5/h20,22-31,33,37-41H,7-19H2,1-6H3,(H2-,34,36,42,43,44,45)/t20-,22?,23?,24?,25?,26+,27+,28?,29+,30-,31?,33+/m0/s1. The Labute approximate surface area is 326 Å². The number of likely N-dealkylation sites (N-methyl/N-ethyl adjacent to an activating group) is 1. The van der Waals surface area contributed by atoms with E-state index in [9.17, 15) is 49.7 Å². The number of rotatable bonds is 28. The summed E-state index contributed by atoms with van der Waals surface area (Å²) in [4.78, 5) is 35.4. The summed E-state index contributed by atoms with van der Waals surface area (Å²) >= 11 is 0. The molecular formula is C33H63N2O20P. The van der Waals surface area contributed by atoms with Crippen LogP contribution < -0.4 is 10.2 Å². The highest BCUT2D eigenvalue weighted by Gasteiger charge is 2.52. The Morgan fingerprint density at radius 1 is 0.821 bits per heavy atom. The van der Waals surface area contributed by atoms with Crippen LogP contribution in [0.2, 0.25) is 0 Å². The van der Waals surface area contributed by atoms with E-state index in [1.165, 1.54) is 6.92 Å². The van der Waals surface area contributed by atoms with Crippen molar-refractivity contribution < 1.29 is 101 Å². The van der Waals surface area contributed by atoms with Gasteiger partial charge in [-0.05, 0) is 19.8 Å². The molecule has 0 radical (unpaired) electrons. The second kappa shape index (κ2) is 25.2. The smallest absolute Gasteiger partial charge is 0.335 e. The lowest BCUT2D eigenvalue weighted by Gasteiger charge is -2.47. The number of carbonyl (C=O) groups excluding carboxylic acids is 1. The quantitative estimate of drug-likeness (QED) is 0.0227. The van der Waals surface area contributed by atoms with Crippen LogP contribution in [0.4, 0.5) is 0 Å². The van der Waals surface area contributed by atoms with Gasteiger partial charge < -0.3 is 92.3 Å². The molecule has 2 heterocycles. The molecule has 2 fully saturated rings. The number of aliphatic carboxylic acids is 1. The normalized spacial score (nSPS) is 30.7. The molecule has 0 aromatic rings. The third-order valence-corrected chi connectivity index (χ3v) is 9.52. The number of aliphatic hydroxyl groups is 5. The summed E-state index contributed by atoms with van der Waals surface area (Å²) in [6.45, 7) is 3.08. The Balaban J connectivity index is 1.64. The molecule has 7 unspecified atom stereocenters. The molecular weight excluding hydrogens is 775 g/mol. The molecule has 0 aromatic carbocycles. The second-order valence-corrected chi connectivity index (χ2v) is 16.0. The van der Waals surface area contributed by atoms with E-state index in [4.69, 9.17) is 46.9 Å². The number of aliphatic hydroxyl groups excluding tert-OH is 5. The fraction of sp³-hybridized carbons (Fsp3) is 0.939. The van der Waals surface area contributed by atoms with Crippen molar-refractivity contribution in [3.05, 3.63) is 0 Å². The number of hydrogen-bond donors (Lipinski definition) is 7. The molecule has 1 amide bonds. The molecule has 56 heavy (non-hydrogen) atoms. The summed E-state index contributed by atoms with van der Waals surface area (Å²) in [5.41, 5.74) is 0. The predicted octanol–water partition coefficient (Wildman–Crippen LogP) is -3.65. The van der Waals surface area contributed by atoms with E-state index in [0.29, 0.717) is 37.1 Å². The van der Waals surface area contributed by atoms with Crippen molar-refractivity contribution >= 4 is 19.7 Å². The summed E-state index contributed by atoms with van der Waals surface area (Å²) in [6, 6.07) is -0.978. The van der Waals surface area contributed by atoms with Crippen LogP contribution in [0.5, 0.6) is 0 Å². The second-order valence-electron chi connectivity index (χ2n) is 14.5. The minimum Gasteiger partial charge on any atom is -0.756 e. The number of phosphoric acid groups is 1. The van der Waals surface area contributed by atoms with Crippen LogP contribution in [-0.4, -0.2) is 221 Å². The summed E-state index contributed by atoms with van der Waals surface area (Å²) in [5.74, 6) is -1.97. The zero-order valence-corrected chi connectivity index (χ0v) is 33.8. The van der Waals surface area contributed by atoms with Gasteiger partial charge in [-0.25, -0.2) is 4.79 Å². The molecule has 23 heteroatoms. The maximum atomic E-state index is 12.0. The number of carbonyl (C=O) groups is 2. The largest absolute Gasteiger partial charge is 0.756 e. The van der Waals surface area contributed by atoms with Crippen LogP contribution in [0.3, 0.4) is 0 Å². The molecule has 13 atom stereocenters. The molecule has 0 aromatic heterocycles. The van der Waals surface area contributed by atoms with Crippen molar-refractivity contribution in [3.63, 3.8) is 0 Å². The Kier molecular flexibility index (Phi) is 22.8. The fourth-order valence-corrected chi connectivity index (χ4v) is 6.27. The number of methoxy groups -OCH3 is 1. The molecule has 2 saturated heterocycles. The summed E-state index contributed by atoms with van der Waals surface area (Å²) < 4.78 is 65.6. The van der Waals surface area contributed by atoms with E-state index < -0.39 is 93.1 Å². The first-order chi connectivity index (χ1) is 26.3. The van der Waals surface area contributed by atoms with E-state index in [-0.39, 0.29) is 52.9 Å². The lowest BCUT2D eigenvalue weighted by Crippen LogP contribution is -2.67. The van der Waals surface area contributed by atoms with Crippen LogP contribution in [0.15, 0.2) is 0 Å². The van der Waals surface area contributed by atoms with E-state index in [1.54, 1.807) is 6.92 Å². The first-order valence-corrected chi connectivity index (χ1v) is 19.8. The van der Waals surface area contributed by atoms with Crippen LogP contribution in [0, 0.1) is 0 Å². The lowest BCUT2D eigenvalue weighted by atomic mass is 9.92. The van der Waals surface area contributed by atoms with Gasteiger partial charge in [-0.1, -0.05) is 0 Å². The summed E-state index contributed by atoms with van der Waals surface area (Å²) in [6.07, 6.45) is -13.7. The maximum absolute atomic E-state index is 12.0. The SMILES string of the molecule is CO[C@@H]1C(C(=O)O)O[C@@H](O[C@@H]2C(NC(C)=O)[C@H](C)OC(COCC(O)COCCCCOCC(O)COCCOP(=O)([O-])OCC[N+](C)(C)C)[C@H]2O)C(O)[C@H]1O. The van der Waals surface area contributed by atoms with Crippen LogP contribution in [0.25, 0.3) is 0 Å². The molecule has 2 rings (SSSR count).